The summed E-state index contributed by atoms with van der Waals surface area (Å²) in [6.07, 6.45) is 4.90. The second kappa shape index (κ2) is 7.04. The number of rotatable bonds is 5. The van der Waals surface area contributed by atoms with Crippen molar-refractivity contribution in [2.24, 2.45) is 0 Å². The molecule has 1 N–H and O–H groups in total. The third-order valence-corrected chi connectivity index (χ3v) is 4.34. The zero-order valence-electron chi connectivity index (χ0n) is 14.1. The van der Waals surface area contributed by atoms with Crippen molar-refractivity contribution in [1.82, 2.24) is 15.1 Å². The van der Waals surface area contributed by atoms with Gasteiger partial charge in [-0.1, -0.05) is 12.1 Å². The van der Waals surface area contributed by atoms with Crippen molar-refractivity contribution in [3.63, 3.8) is 0 Å². The Morgan fingerprint density at radius 1 is 1.26 bits per heavy atom. The van der Waals surface area contributed by atoms with Gasteiger partial charge in [-0.3, -0.25) is 4.68 Å². The van der Waals surface area contributed by atoms with Crippen LogP contribution in [0, 0.1) is 6.92 Å². The molecule has 3 rings (SSSR count). The molecule has 0 bridgehead atoms. The molecule has 5 nitrogen and oxygen atoms in total. The van der Waals surface area contributed by atoms with Crippen molar-refractivity contribution in [2.45, 2.75) is 45.8 Å². The molecule has 0 aliphatic carbocycles. The first-order chi connectivity index (χ1) is 11.1. The standard InChI is InChI=1S/C18H25N3O2/c1-13-10-20-21(12-13)15(3)14(2)19-11-16-6-4-7-17-18(16)23-9-5-8-22-17/h4,6-7,10,12,14-15,19H,5,8-9,11H2,1-3H3/t14-,15-/m0/s1. The molecular formula is C18H25N3O2. The molecule has 0 saturated heterocycles. The highest BCUT2D eigenvalue weighted by Crippen LogP contribution is 2.33. The Hall–Kier alpha value is -2.01. The number of nitrogens with zero attached hydrogens (tertiary/aromatic N) is 2. The molecule has 1 aliphatic rings. The van der Waals surface area contributed by atoms with Crippen LogP contribution in [0.3, 0.4) is 0 Å². The average Bonchev–Trinajstić information content (AvgIpc) is 2.84. The molecule has 2 aromatic rings. The van der Waals surface area contributed by atoms with Crippen molar-refractivity contribution >= 4 is 0 Å². The molecule has 124 valence electrons. The predicted octanol–water partition coefficient (Wildman–Crippen LogP) is 3.09. The van der Waals surface area contributed by atoms with E-state index in [2.05, 4.69) is 43.4 Å². The second-order valence-corrected chi connectivity index (χ2v) is 6.20. The summed E-state index contributed by atoms with van der Waals surface area (Å²) in [4.78, 5) is 0. The van der Waals surface area contributed by atoms with Gasteiger partial charge >= 0.3 is 0 Å². The maximum Gasteiger partial charge on any atom is 0.165 e. The molecular weight excluding hydrogens is 290 g/mol. The first-order valence-electron chi connectivity index (χ1n) is 8.27. The fourth-order valence-electron chi connectivity index (χ4n) is 2.72. The van der Waals surface area contributed by atoms with Crippen LogP contribution in [-0.4, -0.2) is 29.0 Å². The lowest BCUT2D eigenvalue weighted by atomic mass is 10.1. The number of fused-ring (bicyclic) bond motifs is 1. The number of hydrogen-bond acceptors (Lipinski definition) is 4. The van der Waals surface area contributed by atoms with E-state index < -0.39 is 0 Å². The van der Waals surface area contributed by atoms with Gasteiger partial charge < -0.3 is 14.8 Å². The Balaban J connectivity index is 1.66. The number of hydrogen-bond donors (Lipinski definition) is 1. The van der Waals surface area contributed by atoms with E-state index in [1.165, 1.54) is 5.56 Å². The number of benzene rings is 1. The smallest absolute Gasteiger partial charge is 0.165 e. The quantitative estimate of drug-likeness (QED) is 0.921. The van der Waals surface area contributed by atoms with Gasteiger partial charge in [-0.2, -0.15) is 5.10 Å². The van der Waals surface area contributed by atoms with Crippen LogP contribution in [-0.2, 0) is 6.54 Å². The van der Waals surface area contributed by atoms with Crippen LogP contribution in [0.5, 0.6) is 11.5 Å². The largest absolute Gasteiger partial charge is 0.490 e. The normalized spacial score (nSPS) is 16.7. The number of nitrogens with one attached hydrogen (secondary N) is 1. The summed E-state index contributed by atoms with van der Waals surface area (Å²) >= 11 is 0. The number of ether oxygens (including phenoxy) is 2. The Morgan fingerprint density at radius 3 is 2.87 bits per heavy atom. The summed E-state index contributed by atoms with van der Waals surface area (Å²) < 4.78 is 13.6. The lowest BCUT2D eigenvalue weighted by Gasteiger charge is -2.22. The van der Waals surface area contributed by atoms with Crippen molar-refractivity contribution < 1.29 is 9.47 Å². The monoisotopic (exact) mass is 315 g/mol. The van der Waals surface area contributed by atoms with E-state index in [0.29, 0.717) is 6.61 Å². The van der Waals surface area contributed by atoms with Gasteiger partial charge in [0.15, 0.2) is 11.5 Å². The van der Waals surface area contributed by atoms with E-state index in [1.54, 1.807) is 0 Å². The Morgan fingerprint density at radius 2 is 2.09 bits per heavy atom. The van der Waals surface area contributed by atoms with Crippen LogP contribution in [0.4, 0.5) is 0 Å². The highest BCUT2D eigenvalue weighted by molar-refractivity contribution is 5.47. The molecule has 0 saturated carbocycles. The molecule has 2 atom stereocenters. The molecule has 0 spiro atoms. The molecule has 0 amide bonds. The summed E-state index contributed by atoms with van der Waals surface area (Å²) in [5.41, 5.74) is 2.32. The van der Waals surface area contributed by atoms with Gasteiger partial charge in [0.05, 0.1) is 25.5 Å². The Kier molecular flexibility index (Phi) is 4.86. The zero-order chi connectivity index (χ0) is 16.2. The van der Waals surface area contributed by atoms with Crippen molar-refractivity contribution in [1.29, 1.82) is 0 Å². The third-order valence-electron chi connectivity index (χ3n) is 4.34. The minimum absolute atomic E-state index is 0.281. The molecule has 2 heterocycles. The molecule has 0 radical (unpaired) electrons. The predicted molar refractivity (Wildman–Crippen MR) is 90.0 cm³/mol. The van der Waals surface area contributed by atoms with Crippen LogP contribution in [0.2, 0.25) is 0 Å². The second-order valence-electron chi connectivity index (χ2n) is 6.20. The van der Waals surface area contributed by atoms with Crippen molar-refractivity contribution in [2.75, 3.05) is 13.2 Å². The van der Waals surface area contributed by atoms with Crippen molar-refractivity contribution in [3.8, 4) is 11.5 Å². The highest BCUT2D eigenvalue weighted by atomic mass is 16.5. The fourth-order valence-corrected chi connectivity index (χ4v) is 2.72. The van der Waals surface area contributed by atoms with Gasteiger partial charge in [0.25, 0.3) is 0 Å². The van der Waals surface area contributed by atoms with E-state index in [0.717, 1.165) is 36.6 Å². The van der Waals surface area contributed by atoms with E-state index >= 15 is 0 Å². The summed E-state index contributed by atoms with van der Waals surface area (Å²) in [6.45, 7) is 8.59. The summed E-state index contributed by atoms with van der Waals surface area (Å²) in [7, 11) is 0. The van der Waals surface area contributed by atoms with Gasteiger partial charge in [0.1, 0.15) is 0 Å². The van der Waals surface area contributed by atoms with Crippen LogP contribution in [0.25, 0.3) is 0 Å². The van der Waals surface area contributed by atoms with Crippen LogP contribution < -0.4 is 14.8 Å². The average molecular weight is 315 g/mol. The highest BCUT2D eigenvalue weighted by Gasteiger charge is 2.17. The molecule has 1 aromatic heterocycles. The van der Waals surface area contributed by atoms with E-state index in [4.69, 9.17) is 9.47 Å². The summed E-state index contributed by atoms with van der Waals surface area (Å²) in [6, 6.07) is 6.66. The van der Waals surface area contributed by atoms with Crippen LogP contribution in [0.15, 0.2) is 30.6 Å². The first-order valence-corrected chi connectivity index (χ1v) is 8.27. The Bertz CT molecular complexity index is 653. The van der Waals surface area contributed by atoms with Crippen molar-refractivity contribution in [3.05, 3.63) is 41.7 Å². The van der Waals surface area contributed by atoms with E-state index in [-0.39, 0.29) is 12.1 Å². The van der Waals surface area contributed by atoms with Gasteiger partial charge in [0, 0.05) is 30.8 Å². The maximum absolute atomic E-state index is 5.88. The molecule has 1 aliphatic heterocycles. The van der Waals surface area contributed by atoms with E-state index in [9.17, 15) is 0 Å². The molecule has 1 aromatic carbocycles. The van der Waals surface area contributed by atoms with Crippen LogP contribution >= 0.6 is 0 Å². The summed E-state index contributed by atoms with van der Waals surface area (Å²) in [5, 5.41) is 7.99. The lowest BCUT2D eigenvalue weighted by Crippen LogP contribution is -2.33. The molecule has 0 unspecified atom stereocenters. The zero-order valence-corrected chi connectivity index (χ0v) is 14.1. The maximum atomic E-state index is 5.88. The first kappa shape index (κ1) is 15.9. The van der Waals surface area contributed by atoms with Gasteiger partial charge in [0.2, 0.25) is 0 Å². The van der Waals surface area contributed by atoms with Gasteiger partial charge in [-0.05, 0) is 32.4 Å². The minimum atomic E-state index is 0.281. The Labute approximate surface area is 137 Å². The lowest BCUT2D eigenvalue weighted by molar-refractivity contribution is 0.295. The van der Waals surface area contributed by atoms with E-state index in [1.807, 2.05) is 23.0 Å². The fraction of sp³-hybridized carbons (Fsp3) is 0.500. The third kappa shape index (κ3) is 3.67. The number of para-hydroxylation sites is 1. The van der Waals surface area contributed by atoms with Gasteiger partial charge in [-0.15, -0.1) is 0 Å². The summed E-state index contributed by atoms with van der Waals surface area (Å²) in [5.74, 6) is 1.73. The van der Waals surface area contributed by atoms with Gasteiger partial charge in [-0.25, -0.2) is 0 Å². The SMILES string of the molecule is Cc1cnn([C@@H](C)[C@H](C)NCc2cccc3c2OCCCO3)c1. The number of aromatic nitrogens is 2. The molecule has 23 heavy (non-hydrogen) atoms. The topological polar surface area (TPSA) is 48.3 Å². The molecule has 0 fully saturated rings. The minimum Gasteiger partial charge on any atom is -0.490 e. The number of aryl methyl sites for hydroxylation is 1. The molecule has 5 heteroatoms. The van der Waals surface area contributed by atoms with Crippen LogP contribution in [0.1, 0.15) is 37.4 Å².